The van der Waals surface area contributed by atoms with Gasteiger partial charge in [0.1, 0.15) is 11.6 Å². The molecule has 142 valence electrons. The van der Waals surface area contributed by atoms with Crippen molar-refractivity contribution in [2.24, 2.45) is 0 Å². The van der Waals surface area contributed by atoms with Crippen molar-refractivity contribution in [3.8, 4) is 11.8 Å². The lowest BCUT2D eigenvalue weighted by Gasteiger charge is -2.26. The second kappa shape index (κ2) is 8.16. The fourth-order valence-corrected chi connectivity index (χ4v) is 3.70. The van der Waals surface area contributed by atoms with Gasteiger partial charge >= 0.3 is 0 Å². The molecular formula is C26H24N3+. The van der Waals surface area contributed by atoms with Crippen molar-refractivity contribution in [2.75, 3.05) is 11.4 Å². The fourth-order valence-electron chi connectivity index (χ4n) is 3.70. The molecule has 0 saturated carbocycles. The number of anilines is 1. The summed E-state index contributed by atoms with van der Waals surface area (Å²) in [5.41, 5.74) is 6.58. The molecule has 2 aromatic carbocycles. The van der Waals surface area contributed by atoms with Crippen LogP contribution in [0.15, 0.2) is 91.4 Å². The highest BCUT2D eigenvalue weighted by Crippen LogP contribution is 2.30. The molecule has 0 atom stereocenters. The number of para-hydroxylation sites is 2. The number of pyridine rings is 1. The molecule has 4 rings (SSSR count). The summed E-state index contributed by atoms with van der Waals surface area (Å²) >= 11 is 0. The molecule has 1 aliphatic rings. The van der Waals surface area contributed by atoms with Crippen molar-refractivity contribution >= 4 is 11.3 Å². The third kappa shape index (κ3) is 3.83. The van der Waals surface area contributed by atoms with Gasteiger partial charge in [-0.05, 0) is 40.8 Å². The fraction of sp³-hybridized carbons (Fsp3) is 0.154. The zero-order valence-corrected chi connectivity index (χ0v) is 16.8. The number of nitrogens with zero attached hydrogens (tertiary/aromatic N) is 3. The van der Waals surface area contributed by atoms with Crippen molar-refractivity contribution in [3.05, 3.63) is 108 Å². The van der Waals surface area contributed by atoms with Crippen LogP contribution < -0.4 is 9.47 Å². The first-order chi connectivity index (χ1) is 14.2. The molecule has 0 aliphatic carbocycles. The molecule has 0 fully saturated rings. The number of hydrogen-bond donors (Lipinski definition) is 0. The van der Waals surface area contributed by atoms with Gasteiger partial charge in [-0.3, -0.25) is 0 Å². The third-order valence-electron chi connectivity index (χ3n) is 5.28. The van der Waals surface area contributed by atoms with Gasteiger partial charge in [0.15, 0.2) is 12.4 Å². The minimum Gasteiger partial charge on any atom is -0.344 e. The molecule has 29 heavy (non-hydrogen) atoms. The first kappa shape index (κ1) is 18.7. The van der Waals surface area contributed by atoms with Crippen LogP contribution in [0, 0.1) is 11.3 Å². The van der Waals surface area contributed by atoms with Crippen molar-refractivity contribution in [1.29, 1.82) is 5.26 Å². The summed E-state index contributed by atoms with van der Waals surface area (Å²) < 4.78 is 1.99. The van der Waals surface area contributed by atoms with Gasteiger partial charge in [0, 0.05) is 36.6 Å². The Bertz CT molecular complexity index is 1120. The van der Waals surface area contributed by atoms with Crippen LogP contribution in [0.4, 0.5) is 5.69 Å². The molecule has 2 heterocycles. The van der Waals surface area contributed by atoms with E-state index in [1.807, 2.05) is 41.2 Å². The Morgan fingerprint density at radius 3 is 2.38 bits per heavy atom. The molecule has 0 unspecified atom stereocenters. The van der Waals surface area contributed by atoms with E-state index in [9.17, 15) is 5.26 Å². The molecule has 3 aromatic rings. The lowest BCUT2D eigenvalue weighted by Crippen LogP contribution is -2.30. The summed E-state index contributed by atoms with van der Waals surface area (Å²) in [5, 5.41) is 9.32. The summed E-state index contributed by atoms with van der Waals surface area (Å²) in [6.45, 7) is 5.32. The zero-order valence-electron chi connectivity index (χ0n) is 16.8. The molecule has 0 N–H and O–H groups in total. The van der Waals surface area contributed by atoms with Crippen molar-refractivity contribution in [1.82, 2.24) is 0 Å². The van der Waals surface area contributed by atoms with E-state index in [-0.39, 0.29) is 0 Å². The van der Waals surface area contributed by atoms with Crippen LogP contribution >= 0.6 is 0 Å². The maximum Gasteiger partial charge on any atom is 0.228 e. The Morgan fingerprint density at radius 2 is 1.69 bits per heavy atom. The average molecular weight is 378 g/mol. The van der Waals surface area contributed by atoms with Crippen LogP contribution in [0.3, 0.4) is 0 Å². The van der Waals surface area contributed by atoms with Gasteiger partial charge in [0.2, 0.25) is 5.69 Å². The van der Waals surface area contributed by atoms with Crippen molar-refractivity contribution in [3.63, 3.8) is 0 Å². The Kier molecular flexibility index (Phi) is 5.27. The monoisotopic (exact) mass is 378 g/mol. The molecule has 3 heteroatoms. The minimum atomic E-state index is 0.492. The van der Waals surface area contributed by atoms with E-state index in [0.717, 1.165) is 12.2 Å². The number of allylic oxidation sites excluding steroid dienone is 2. The molecule has 0 bridgehead atoms. The smallest absolute Gasteiger partial charge is 0.228 e. The van der Waals surface area contributed by atoms with Gasteiger partial charge in [0.25, 0.3) is 0 Å². The largest absolute Gasteiger partial charge is 0.344 e. The predicted molar refractivity (Wildman–Crippen MR) is 118 cm³/mol. The average Bonchev–Trinajstić information content (AvgIpc) is 2.79. The van der Waals surface area contributed by atoms with E-state index in [0.29, 0.717) is 11.5 Å². The van der Waals surface area contributed by atoms with Gasteiger partial charge in [-0.15, -0.1) is 0 Å². The standard InChI is InChI=1S/C26H24N3/c1-20(2)24-8-4-6-10-26(24)29-17-13-22(14-18-29)21-11-15-28(16-12-21)25-9-5-3-7-23(25)19-27/h3-17,20H,18H2,1-2H3/q+1. The van der Waals surface area contributed by atoms with Crippen LogP contribution in [0.5, 0.6) is 0 Å². The van der Waals surface area contributed by atoms with Gasteiger partial charge in [-0.1, -0.05) is 50.3 Å². The Balaban J connectivity index is 1.55. The SMILES string of the molecule is CC(C)c1ccccc1N1C=CC(c2cc[n+](-c3ccccc3C#N)cc2)=CC1. The molecule has 3 nitrogen and oxygen atoms in total. The predicted octanol–water partition coefficient (Wildman–Crippen LogP) is 5.38. The molecule has 0 radical (unpaired) electrons. The molecule has 0 saturated heterocycles. The number of benzene rings is 2. The number of rotatable bonds is 4. The van der Waals surface area contributed by atoms with E-state index < -0.39 is 0 Å². The van der Waals surface area contributed by atoms with Gasteiger partial charge in [-0.2, -0.15) is 9.83 Å². The Hall–Kier alpha value is -3.64. The normalized spacial score (nSPS) is 13.3. The maximum atomic E-state index is 9.32. The van der Waals surface area contributed by atoms with E-state index in [4.69, 9.17) is 0 Å². The molecule has 1 aromatic heterocycles. The van der Waals surface area contributed by atoms with Gasteiger partial charge in [-0.25, -0.2) is 0 Å². The van der Waals surface area contributed by atoms with Gasteiger partial charge < -0.3 is 4.90 Å². The van der Waals surface area contributed by atoms with Gasteiger partial charge in [0.05, 0.1) is 0 Å². The van der Waals surface area contributed by atoms with E-state index in [2.05, 4.69) is 79.6 Å². The Morgan fingerprint density at radius 1 is 0.966 bits per heavy atom. The molecule has 0 amide bonds. The molecule has 1 aliphatic heterocycles. The highest BCUT2D eigenvalue weighted by Gasteiger charge is 2.15. The lowest BCUT2D eigenvalue weighted by atomic mass is 9.99. The Labute approximate surface area is 172 Å². The van der Waals surface area contributed by atoms with Crippen LogP contribution in [-0.4, -0.2) is 6.54 Å². The van der Waals surface area contributed by atoms with Crippen LogP contribution in [0.2, 0.25) is 0 Å². The number of aromatic nitrogens is 1. The number of hydrogen-bond acceptors (Lipinski definition) is 2. The minimum absolute atomic E-state index is 0.492. The van der Waals surface area contributed by atoms with Crippen molar-refractivity contribution in [2.45, 2.75) is 19.8 Å². The van der Waals surface area contributed by atoms with Crippen molar-refractivity contribution < 1.29 is 4.57 Å². The zero-order chi connectivity index (χ0) is 20.2. The summed E-state index contributed by atoms with van der Waals surface area (Å²) in [7, 11) is 0. The van der Waals surface area contributed by atoms with E-state index >= 15 is 0 Å². The summed E-state index contributed by atoms with van der Waals surface area (Å²) in [6.07, 6.45) is 10.6. The molecular weight excluding hydrogens is 354 g/mol. The van der Waals surface area contributed by atoms with Crippen LogP contribution in [0.1, 0.15) is 36.5 Å². The molecule has 0 spiro atoms. The second-order valence-electron chi connectivity index (χ2n) is 7.46. The number of nitriles is 1. The first-order valence-corrected chi connectivity index (χ1v) is 9.92. The van der Waals surface area contributed by atoms with Crippen LogP contribution in [-0.2, 0) is 0 Å². The third-order valence-corrected chi connectivity index (χ3v) is 5.28. The maximum absolute atomic E-state index is 9.32. The summed E-state index contributed by atoms with van der Waals surface area (Å²) in [5.74, 6) is 0.492. The van der Waals surface area contributed by atoms with Crippen LogP contribution in [0.25, 0.3) is 11.3 Å². The highest BCUT2D eigenvalue weighted by atomic mass is 15.1. The summed E-state index contributed by atoms with van der Waals surface area (Å²) in [4.78, 5) is 2.30. The lowest BCUT2D eigenvalue weighted by molar-refractivity contribution is -0.596. The summed E-state index contributed by atoms with van der Waals surface area (Å²) in [6, 6.07) is 22.7. The topological polar surface area (TPSA) is 30.9 Å². The first-order valence-electron chi connectivity index (χ1n) is 9.92. The second-order valence-corrected chi connectivity index (χ2v) is 7.46. The quantitative estimate of drug-likeness (QED) is 0.571. The van der Waals surface area contributed by atoms with E-state index in [1.54, 1.807) is 0 Å². The van der Waals surface area contributed by atoms with E-state index in [1.165, 1.54) is 22.4 Å². The highest BCUT2D eigenvalue weighted by molar-refractivity contribution is 5.77.